The summed E-state index contributed by atoms with van der Waals surface area (Å²) in [5.41, 5.74) is -1.92. The Kier molecular flexibility index (Phi) is 3.23. The molecule has 1 aromatic carbocycles. The summed E-state index contributed by atoms with van der Waals surface area (Å²) in [5.74, 6) is -0.807. The van der Waals surface area contributed by atoms with Crippen LogP contribution in [0.1, 0.15) is 11.1 Å². The quantitative estimate of drug-likeness (QED) is 0.804. The number of aromatic amines is 1. The molecule has 0 atom stereocenters. The molecule has 5 nitrogen and oxygen atoms in total. The molecule has 96 valence electrons. The molecule has 1 aromatic heterocycles. The molecule has 0 bridgehead atoms. The van der Waals surface area contributed by atoms with E-state index in [2.05, 4.69) is 4.98 Å². The van der Waals surface area contributed by atoms with Crippen molar-refractivity contribution in [1.29, 1.82) is 5.26 Å². The molecule has 2 rings (SSSR count). The number of nitriles is 1. The van der Waals surface area contributed by atoms with Gasteiger partial charge in [-0.1, -0.05) is 17.7 Å². The number of nitrogens with zero attached hydrogens (tertiary/aromatic N) is 2. The summed E-state index contributed by atoms with van der Waals surface area (Å²) in [6.07, 6.45) is 0. The number of aromatic nitrogens is 2. The molecular formula is C12H7ClFN3O2. The van der Waals surface area contributed by atoms with E-state index in [1.165, 1.54) is 19.1 Å². The van der Waals surface area contributed by atoms with Crippen LogP contribution in [0.4, 0.5) is 4.39 Å². The molecule has 19 heavy (non-hydrogen) atoms. The highest BCUT2D eigenvalue weighted by molar-refractivity contribution is 6.30. The van der Waals surface area contributed by atoms with Gasteiger partial charge in [-0.3, -0.25) is 9.78 Å². The topological polar surface area (TPSA) is 78.7 Å². The van der Waals surface area contributed by atoms with Crippen molar-refractivity contribution in [3.63, 3.8) is 0 Å². The predicted octanol–water partition coefficient (Wildman–Crippen LogP) is 1.50. The summed E-state index contributed by atoms with van der Waals surface area (Å²) in [4.78, 5) is 26.1. The molecule has 0 radical (unpaired) electrons. The molecule has 0 aliphatic carbocycles. The van der Waals surface area contributed by atoms with Gasteiger partial charge in [-0.15, -0.1) is 0 Å². The van der Waals surface area contributed by atoms with Gasteiger partial charge >= 0.3 is 5.69 Å². The number of hydrogen-bond acceptors (Lipinski definition) is 3. The normalized spacial score (nSPS) is 10.2. The molecule has 2 aromatic rings. The third-order valence-corrected chi connectivity index (χ3v) is 3.00. The van der Waals surface area contributed by atoms with Crippen LogP contribution in [0, 0.1) is 24.1 Å². The minimum Gasteiger partial charge on any atom is -0.297 e. The van der Waals surface area contributed by atoms with Crippen LogP contribution < -0.4 is 11.2 Å². The van der Waals surface area contributed by atoms with Crippen LogP contribution in [0.25, 0.3) is 5.69 Å². The third-order valence-electron chi connectivity index (χ3n) is 2.62. The Labute approximate surface area is 111 Å². The average Bonchev–Trinajstić information content (AvgIpc) is 2.36. The van der Waals surface area contributed by atoms with Gasteiger partial charge in [-0.05, 0) is 19.1 Å². The van der Waals surface area contributed by atoms with Gasteiger partial charge in [0.2, 0.25) is 0 Å². The first-order chi connectivity index (χ1) is 8.97. The van der Waals surface area contributed by atoms with E-state index in [0.29, 0.717) is 4.57 Å². The lowest BCUT2D eigenvalue weighted by atomic mass is 10.2. The zero-order valence-electron chi connectivity index (χ0n) is 9.70. The summed E-state index contributed by atoms with van der Waals surface area (Å²) in [6, 6.07) is 5.32. The molecule has 0 amide bonds. The number of H-pyrrole nitrogens is 1. The van der Waals surface area contributed by atoms with Gasteiger partial charge in [0.15, 0.2) is 0 Å². The van der Waals surface area contributed by atoms with Crippen molar-refractivity contribution in [2.45, 2.75) is 6.92 Å². The van der Waals surface area contributed by atoms with Gasteiger partial charge in [0.1, 0.15) is 22.6 Å². The highest BCUT2D eigenvalue weighted by atomic mass is 35.5. The fraction of sp³-hybridized carbons (Fsp3) is 0.0833. The maximum Gasteiger partial charge on any atom is 0.334 e. The Morgan fingerprint density at radius 2 is 2.11 bits per heavy atom. The second-order valence-corrected chi connectivity index (χ2v) is 4.13. The van der Waals surface area contributed by atoms with E-state index in [4.69, 9.17) is 16.9 Å². The summed E-state index contributed by atoms with van der Waals surface area (Å²) in [6.45, 7) is 1.42. The average molecular weight is 280 g/mol. The van der Waals surface area contributed by atoms with Crippen LogP contribution >= 0.6 is 11.6 Å². The second-order valence-electron chi connectivity index (χ2n) is 3.76. The van der Waals surface area contributed by atoms with Gasteiger partial charge in [0.05, 0.1) is 11.3 Å². The van der Waals surface area contributed by atoms with Crippen LogP contribution in [-0.2, 0) is 0 Å². The van der Waals surface area contributed by atoms with Crippen molar-refractivity contribution in [2.24, 2.45) is 0 Å². The minimum absolute atomic E-state index is 0.0823. The molecule has 0 unspecified atom stereocenters. The zero-order chi connectivity index (χ0) is 14.2. The predicted molar refractivity (Wildman–Crippen MR) is 67.1 cm³/mol. The maximum absolute atomic E-state index is 13.5. The zero-order valence-corrected chi connectivity index (χ0v) is 10.5. The lowest BCUT2D eigenvalue weighted by Gasteiger charge is -2.08. The van der Waals surface area contributed by atoms with Crippen molar-refractivity contribution >= 4 is 11.6 Å². The Hall–Kier alpha value is -2.39. The van der Waals surface area contributed by atoms with E-state index in [1.807, 2.05) is 0 Å². The van der Waals surface area contributed by atoms with E-state index in [9.17, 15) is 14.0 Å². The molecular weight excluding hydrogens is 273 g/mol. The van der Waals surface area contributed by atoms with E-state index < -0.39 is 17.1 Å². The number of benzene rings is 1. The van der Waals surface area contributed by atoms with Crippen LogP contribution in [0.2, 0.25) is 5.15 Å². The van der Waals surface area contributed by atoms with Gasteiger partial charge in [-0.2, -0.15) is 5.26 Å². The first-order valence-corrected chi connectivity index (χ1v) is 5.55. The first-order valence-electron chi connectivity index (χ1n) is 5.17. The molecule has 0 aliphatic heterocycles. The lowest BCUT2D eigenvalue weighted by Crippen LogP contribution is -2.35. The number of rotatable bonds is 1. The number of nitrogens with one attached hydrogen (secondary N) is 1. The van der Waals surface area contributed by atoms with Gasteiger partial charge < -0.3 is 0 Å². The molecule has 0 spiro atoms. The fourth-order valence-electron chi connectivity index (χ4n) is 1.63. The highest BCUT2D eigenvalue weighted by Gasteiger charge is 2.16. The monoisotopic (exact) mass is 279 g/mol. The molecule has 7 heteroatoms. The Morgan fingerprint density at radius 3 is 2.74 bits per heavy atom. The van der Waals surface area contributed by atoms with Crippen LogP contribution in [0.5, 0.6) is 0 Å². The highest BCUT2D eigenvalue weighted by Crippen LogP contribution is 2.15. The number of halogens is 2. The van der Waals surface area contributed by atoms with Gasteiger partial charge in [-0.25, -0.2) is 13.8 Å². The van der Waals surface area contributed by atoms with E-state index in [-0.39, 0.29) is 22.0 Å². The van der Waals surface area contributed by atoms with Gasteiger partial charge in [0, 0.05) is 0 Å². The molecule has 0 aliphatic rings. The maximum atomic E-state index is 13.5. The van der Waals surface area contributed by atoms with Crippen molar-refractivity contribution in [1.82, 2.24) is 9.55 Å². The van der Waals surface area contributed by atoms with Crippen molar-refractivity contribution in [3.8, 4) is 11.8 Å². The Morgan fingerprint density at radius 1 is 1.42 bits per heavy atom. The van der Waals surface area contributed by atoms with E-state index in [0.717, 1.165) is 6.07 Å². The van der Waals surface area contributed by atoms with Crippen molar-refractivity contribution in [2.75, 3.05) is 0 Å². The molecule has 1 heterocycles. The third kappa shape index (κ3) is 2.04. The fourth-order valence-corrected chi connectivity index (χ4v) is 1.79. The van der Waals surface area contributed by atoms with Gasteiger partial charge in [0.25, 0.3) is 5.56 Å². The minimum atomic E-state index is -0.831. The first kappa shape index (κ1) is 13.1. The standard InChI is InChI=1S/C12H7ClFN3O2/c1-6-10(13)16-12(19)17(11(6)18)9-4-2-3-8(14)7(9)5-15/h2-4H,1H3,(H,16,19). The summed E-state index contributed by atoms with van der Waals surface area (Å²) in [7, 11) is 0. The van der Waals surface area contributed by atoms with Crippen LogP contribution in [0.3, 0.4) is 0 Å². The van der Waals surface area contributed by atoms with Crippen LogP contribution in [-0.4, -0.2) is 9.55 Å². The summed E-state index contributed by atoms with van der Waals surface area (Å²) >= 11 is 5.68. The Bertz CT molecular complexity index is 817. The second kappa shape index (κ2) is 4.71. The largest absolute Gasteiger partial charge is 0.334 e. The number of hydrogen-bond donors (Lipinski definition) is 1. The molecule has 0 fully saturated rings. The van der Waals surface area contributed by atoms with E-state index >= 15 is 0 Å². The molecule has 1 N–H and O–H groups in total. The lowest BCUT2D eigenvalue weighted by molar-refractivity contribution is 0.621. The van der Waals surface area contributed by atoms with Crippen molar-refractivity contribution in [3.05, 3.63) is 61.1 Å². The summed E-state index contributed by atoms with van der Waals surface area (Å²) in [5, 5.41) is 8.84. The van der Waals surface area contributed by atoms with E-state index in [1.54, 1.807) is 6.07 Å². The summed E-state index contributed by atoms with van der Waals surface area (Å²) < 4.78 is 14.2. The molecule has 0 saturated carbocycles. The smallest absolute Gasteiger partial charge is 0.297 e. The molecule has 0 saturated heterocycles. The van der Waals surface area contributed by atoms with Crippen LogP contribution in [0.15, 0.2) is 27.8 Å². The van der Waals surface area contributed by atoms with Crippen molar-refractivity contribution < 1.29 is 4.39 Å². The SMILES string of the molecule is Cc1c(Cl)[nH]c(=O)n(-c2cccc(F)c2C#N)c1=O. The Balaban J connectivity index is 2.94.